The Hall–Kier alpha value is -0.950. The van der Waals surface area contributed by atoms with Crippen molar-refractivity contribution in [3.8, 4) is 11.5 Å². The second-order valence-electron chi connectivity index (χ2n) is 6.18. The van der Waals surface area contributed by atoms with Gasteiger partial charge < -0.3 is 9.84 Å². The number of rotatable bonds is 3. The average Bonchev–Trinajstić information content (AvgIpc) is 2.99. The summed E-state index contributed by atoms with van der Waals surface area (Å²) in [5.41, 5.74) is 1.32. The third kappa shape index (κ3) is 3.03. The molecule has 1 aliphatic heterocycles. The van der Waals surface area contributed by atoms with Crippen molar-refractivity contribution in [1.82, 2.24) is 10.2 Å². The van der Waals surface area contributed by atoms with Crippen LogP contribution in [0.5, 0.6) is 11.5 Å². The monoisotopic (exact) mass is 398 g/mol. The summed E-state index contributed by atoms with van der Waals surface area (Å²) in [6, 6.07) is 13.2. The average molecular weight is 399 g/mol. The summed E-state index contributed by atoms with van der Waals surface area (Å²) in [7, 11) is 3.88. The molecule has 0 saturated carbocycles. The van der Waals surface area contributed by atoms with Crippen LogP contribution >= 0.6 is 35.8 Å². The van der Waals surface area contributed by atoms with E-state index in [1.54, 1.807) is 23.9 Å². The van der Waals surface area contributed by atoms with Crippen LogP contribution in [0.25, 0.3) is 0 Å². The van der Waals surface area contributed by atoms with E-state index in [0.29, 0.717) is 5.02 Å². The van der Waals surface area contributed by atoms with Gasteiger partial charge in [0.25, 0.3) is 0 Å². The molecule has 4 nitrogen and oxygen atoms in total. The zero-order valence-corrected chi connectivity index (χ0v) is 16.3. The fraction of sp³-hybridized carbons (Fsp3) is 0.333. The van der Waals surface area contributed by atoms with Crippen LogP contribution in [0.4, 0.5) is 0 Å². The fourth-order valence-corrected chi connectivity index (χ4v) is 5.24. The van der Waals surface area contributed by atoms with Crippen LogP contribution < -0.4 is 10.1 Å². The first-order valence-electron chi connectivity index (χ1n) is 7.87. The Bertz CT molecular complexity index is 774. The molecule has 25 heavy (non-hydrogen) atoms. The number of halogens is 2. The van der Waals surface area contributed by atoms with Crippen LogP contribution in [-0.2, 0) is 12.1 Å². The number of thioether (sulfide) groups is 1. The van der Waals surface area contributed by atoms with Crippen molar-refractivity contribution < 1.29 is 9.84 Å². The smallest absolute Gasteiger partial charge is 0.158 e. The van der Waals surface area contributed by atoms with Gasteiger partial charge in [0.05, 0.1) is 5.25 Å². The lowest BCUT2D eigenvalue weighted by atomic mass is 10.0. The number of nitrogens with zero attached hydrogens (tertiary/aromatic N) is 1. The number of nitrogens with one attached hydrogen (secondary N) is 1. The Balaban J connectivity index is 0.00000182. The molecule has 134 valence electrons. The molecule has 0 spiro atoms. The minimum Gasteiger partial charge on any atom is -0.457 e. The van der Waals surface area contributed by atoms with E-state index in [1.165, 1.54) is 0 Å². The molecule has 7 heteroatoms. The van der Waals surface area contributed by atoms with Gasteiger partial charge in [-0.05, 0) is 62.5 Å². The fourth-order valence-electron chi connectivity index (χ4n) is 3.56. The first kappa shape index (κ1) is 18.8. The highest BCUT2D eigenvalue weighted by atomic mass is 35.5. The normalized spacial score (nSPS) is 27.5. The second-order valence-corrected chi connectivity index (χ2v) is 7.91. The van der Waals surface area contributed by atoms with E-state index in [1.807, 2.05) is 49.3 Å². The van der Waals surface area contributed by atoms with E-state index in [4.69, 9.17) is 16.3 Å². The number of benzene rings is 2. The lowest BCUT2D eigenvalue weighted by Gasteiger charge is -2.33. The minimum atomic E-state index is -0.924. The van der Waals surface area contributed by atoms with Crippen molar-refractivity contribution in [1.29, 1.82) is 0 Å². The van der Waals surface area contributed by atoms with E-state index < -0.39 is 5.72 Å². The SMILES string of the molecule is CNC1SC2Cc3cc(Oc4ccc(Cl)cc4)ccc3C2(O)N1C.Cl. The van der Waals surface area contributed by atoms with Crippen LogP contribution in [0.15, 0.2) is 42.5 Å². The van der Waals surface area contributed by atoms with Gasteiger partial charge in [-0.25, -0.2) is 4.90 Å². The van der Waals surface area contributed by atoms with E-state index in [0.717, 1.165) is 29.0 Å². The zero-order valence-electron chi connectivity index (χ0n) is 13.9. The van der Waals surface area contributed by atoms with Gasteiger partial charge in [0.1, 0.15) is 17.0 Å². The van der Waals surface area contributed by atoms with E-state index in [9.17, 15) is 5.11 Å². The Labute approximate surface area is 162 Å². The number of hydrogen-bond acceptors (Lipinski definition) is 5. The molecule has 2 aromatic carbocycles. The molecular weight excluding hydrogens is 379 g/mol. The van der Waals surface area contributed by atoms with Gasteiger partial charge in [-0.3, -0.25) is 5.32 Å². The Morgan fingerprint density at radius 1 is 1.24 bits per heavy atom. The maximum atomic E-state index is 11.3. The second kappa shape index (κ2) is 6.99. The molecule has 2 aromatic rings. The van der Waals surface area contributed by atoms with Crippen molar-refractivity contribution in [2.75, 3.05) is 14.1 Å². The Morgan fingerprint density at radius 2 is 1.92 bits per heavy atom. The number of hydrogen-bond donors (Lipinski definition) is 2. The van der Waals surface area contributed by atoms with E-state index in [-0.39, 0.29) is 23.2 Å². The summed E-state index contributed by atoms with van der Waals surface area (Å²) >= 11 is 7.67. The molecule has 0 bridgehead atoms. The van der Waals surface area contributed by atoms with Crippen molar-refractivity contribution in [3.63, 3.8) is 0 Å². The van der Waals surface area contributed by atoms with Gasteiger partial charge in [0.15, 0.2) is 5.72 Å². The van der Waals surface area contributed by atoms with Gasteiger partial charge in [-0.1, -0.05) is 17.7 Å². The summed E-state index contributed by atoms with van der Waals surface area (Å²) in [5.74, 6) is 1.52. The maximum Gasteiger partial charge on any atom is 0.158 e. The third-order valence-electron chi connectivity index (χ3n) is 4.81. The highest BCUT2D eigenvalue weighted by Gasteiger charge is 2.56. The molecule has 1 saturated heterocycles. The molecular formula is C18H20Cl2N2O2S. The molecule has 1 heterocycles. The molecule has 1 fully saturated rings. The Morgan fingerprint density at radius 3 is 2.60 bits per heavy atom. The largest absolute Gasteiger partial charge is 0.457 e. The van der Waals surface area contributed by atoms with Gasteiger partial charge in [-0.2, -0.15) is 0 Å². The van der Waals surface area contributed by atoms with Gasteiger partial charge in [-0.15, -0.1) is 24.2 Å². The molecule has 1 aliphatic carbocycles. The van der Waals surface area contributed by atoms with Crippen LogP contribution in [0.2, 0.25) is 5.02 Å². The highest BCUT2D eigenvalue weighted by molar-refractivity contribution is 8.00. The van der Waals surface area contributed by atoms with Crippen LogP contribution in [0.3, 0.4) is 0 Å². The molecule has 0 radical (unpaired) electrons. The van der Waals surface area contributed by atoms with Crippen LogP contribution in [0, 0.1) is 0 Å². The first-order valence-corrected chi connectivity index (χ1v) is 9.19. The summed E-state index contributed by atoms with van der Waals surface area (Å²) in [4.78, 5) is 2.01. The topological polar surface area (TPSA) is 44.7 Å². The number of fused-ring (bicyclic) bond motifs is 3. The van der Waals surface area contributed by atoms with Crippen molar-refractivity contribution in [2.24, 2.45) is 0 Å². The molecule has 2 aliphatic rings. The summed E-state index contributed by atoms with van der Waals surface area (Å²) in [6.07, 6.45) is 0.830. The minimum absolute atomic E-state index is 0. The number of aliphatic hydroxyl groups is 1. The predicted molar refractivity (Wildman–Crippen MR) is 105 cm³/mol. The third-order valence-corrected chi connectivity index (χ3v) is 6.69. The zero-order chi connectivity index (χ0) is 16.9. The van der Waals surface area contributed by atoms with Gasteiger partial charge in [0, 0.05) is 10.6 Å². The van der Waals surface area contributed by atoms with Gasteiger partial charge >= 0.3 is 0 Å². The predicted octanol–water partition coefficient (Wildman–Crippen LogP) is 3.81. The number of ether oxygens (including phenoxy) is 1. The van der Waals surface area contributed by atoms with Gasteiger partial charge in [0.2, 0.25) is 0 Å². The standard InChI is InChI=1S/C18H19ClN2O2S.ClH/c1-20-17-21(2)18(22)15-8-7-14(9-11(15)10-16(18)24-17)23-13-5-3-12(19)4-6-13;/h3-9,16-17,20,22H,10H2,1-2H3;1H. The van der Waals surface area contributed by atoms with Crippen molar-refractivity contribution in [2.45, 2.75) is 22.9 Å². The molecule has 0 amide bonds. The molecule has 2 N–H and O–H groups in total. The highest BCUT2D eigenvalue weighted by Crippen LogP contribution is 2.53. The first-order chi connectivity index (χ1) is 11.5. The quantitative estimate of drug-likeness (QED) is 0.822. The van der Waals surface area contributed by atoms with Crippen LogP contribution in [0.1, 0.15) is 11.1 Å². The van der Waals surface area contributed by atoms with Crippen LogP contribution in [-0.4, -0.2) is 34.8 Å². The molecule has 4 rings (SSSR count). The summed E-state index contributed by atoms with van der Waals surface area (Å²) < 4.78 is 5.91. The van der Waals surface area contributed by atoms with Crippen molar-refractivity contribution >= 4 is 35.8 Å². The Kier molecular flexibility index (Phi) is 5.26. The van der Waals surface area contributed by atoms with E-state index in [2.05, 4.69) is 5.32 Å². The van der Waals surface area contributed by atoms with Crippen molar-refractivity contribution in [3.05, 3.63) is 58.6 Å². The lowest BCUT2D eigenvalue weighted by Crippen LogP contribution is -2.48. The summed E-state index contributed by atoms with van der Waals surface area (Å²) in [5, 5.41) is 15.3. The molecule has 0 aromatic heterocycles. The van der Waals surface area contributed by atoms with E-state index >= 15 is 0 Å². The summed E-state index contributed by atoms with van der Waals surface area (Å²) in [6.45, 7) is 0. The molecule has 3 unspecified atom stereocenters. The molecule has 3 atom stereocenters. The lowest BCUT2D eigenvalue weighted by molar-refractivity contribution is -0.0923. The maximum absolute atomic E-state index is 11.3.